The van der Waals surface area contributed by atoms with Crippen molar-refractivity contribution < 1.29 is 19.0 Å². The molecule has 6 nitrogen and oxygen atoms in total. The molecule has 0 atom stereocenters. The third-order valence-electron chi connectivity index (χ3n) is 5.80. The highest BCUT2D eigenvalue weighted by Crippen LogP contribution is 2.41. The minimum absolute atomic E-state index is 0.485. The number of hydrogen-bond acceptors (Lipinski definition) is 5. The van der Waals surface area contributed by atoms with Crippen molar-refractivity contribution in [2.24, 2.45) is 0 Å². The number of carbonyl (C=O) groups excluding carboxylic acids is 1. The van der Waals surface area contributed by atoms with Crippen LogP contribution < -0.4 is 9.47 Å². The maximum atomic E-state index is 11.0. The Morgan fingerprint density at radius 3 is 2.83 bits per heavy atom. The monoisotopic (exact) mass is 390 g/mol. The van der Waals surface area contributed by atoms with Gasteiger partial charge in [0.25, 0.3) is 0 Å². The van der Waals surface area contributed by atoms with E-state index in [9.17, 15) is 4.79 Å². The van der Waals surface area contributed by atoms with Gasteiger partial charge in [-0.1, -0.05) is 18.2 Å². The molecule has 0 unspecified atom stereocenters. The van der Waals surface area contributed by atoms with Crippen molar-refractivity contribution in [1.29, 1.82) is 0 Å². The van der Waals surface area contributed by atoms with E-state index in [1.807, 2.05) is 24.3 Å². The fraction of sp³-hybridized carbons (Fsp3) is 0.304. The summed E-state index contributed by atoms with van der Waals surface area (Å²) in [6, 6.07) is 14.2. The lowest BCUT2D eigenvalue weighted by Gasteiger charge is -2.43. The number of aromatic nitrogens is 1. The Morgan fingerprint density at radius 1 is 1.17 bits per heavy atom. The zero-order valence-electron chi connectivity index (χ0n) is 16.3. The second-order valence-corrected chi connectivity index (χ2v) is 7.49. The molecule has 148 valence electrons. The molecular weight excluding hydrogens is 368 g/mol. The van der Waals surface area contributed by atoms with Crippen LogP contribution in [0.15, 0.2) is 48.7 Å². The zero-order valence-corrected chi connectivity index (χ0v) is 16.3. The number of nitrogens with zero attached hydrogens (tertiary/aromatic N) is 2. The van der Waals surface area contributed by atoms with Crippen LogP contribution in [0.1, 0.15) is 18.4 Å². The number of benzene rings is 2. The zero-order chi connectivity index (χ0) is 19.8. The van der Waals surface area contributed by atoms with Gasteiger partial charge in [-0.3, -0.25) is 9.78 Å². The molecule has 3 aromatic rings. The van der Waals surface area contributed by atoms with E-state index < -0.39 is 5.79 Å². The second-order valence-electron chi connectivity index (χ2n) is 7.49. The fourth-order valence-electron chi connectivity index (χ4n) is 4.17. The Labute approximate surface area is 169 Å². The minimum atomic E-state index is -0.626. The summed E-state index contributed by atoms with van der Waals surface area (Å²) >= 11 is 0. The number of hydrogen-bond donors (Lipinski definition) is 0. The van der Waals surface area contributed by atoms with Gasteiger partial charge in [-0.2, -0.15) is 0 Å². The first kappa shape index (κ1) is 17.9. The lowest BCUT2D eigenvalue weighted by atomic mass is 9.98. The van der Waals surface area contributed by atoms with Crippen molar-refractivity contribution in [1.82, 2.24) is 9.88 Å². The first-order chi connectivity index (χ1) is 14.2. The molecule has 1 spiro atoms. The van der Waals surface area contributed by atoms with Crippen LogP contribution in [0, 0.1) is 0 Å². The van der Waals surface area contributed by atoms with Crippen molar-refractivity contribution in [3.63, 3.8) is 0 Å². The number of fused-ring (bicyclic) bond motifs is 2. The molecule has 1 saturated heterocycles. The largest absolute Gasteiger partial charge is 0.494 e. The highest BCUT2D eigenvalue weighted by atomic mass is 16.7. The molecule has 1 aromatic heterocycles. The maximum Gasteiger partial charge on any atom is 0.214 e. The van der Waals surface area contributed by atoms with E-state index in [0.717, 1.165) is 45.5 Å². The predicted octanol–water partition coefficient (Wildman–Crippen LogP) is 3.77. The lowest BCUT2D eigenvalue weighted by molar-refractivity contribution is -0.226. The van der Waals surface area contributed by atoms with Crippen LogP contribution in [-0.4, -0.2) is 42.3 Å². The molecule has 0 N–H and O–H groups in total. The van der Waals surface area contributed by atoms with Gasteiger partial charge in [-0.15, -0.1) is 0 Å². The van der Waals surface area contributed by atoms with E-state index in [-0.39, 0.29) is 0 Å². The summed E-state index contributed by atoms with van der Waals surface area (Å²) in [6.07, 6.45) is 4.02. The molecule has 29 heavy (non-hydrogen) atoms. The lowest BCUT2D eigenvalue weighted by Crippen LogP contribution is -2.50. The van der Waals surface area contributed by atoms with Crippen LogP contribution in [0.2, 0.25) is 0 Å². The van der Waals surface area contributed by atoms with E-state index in [1.54, 1.807) is 18.2 Å². The number of carbonyl (C=O) groups is 1. The van der Waals surface area contributed by atoms with Crippen LogP contribution in [0.25, 0.3) is 22.0 Å². The summed E-state index contributed by atoms with van der Waals surface area (Å²) in [5, 5.41) is 1.04. The fourth-order valence-corrected chi connectivity index (χ4v) is 4.17. The molecule has 0 saturated carbocycles. The normalized spacial score (nSPS) is 17.6. The van der Waals surface area contributed by atoms with Gasteiger partial charge in [0.05, 0.1) is 13.7 Å². The Bertz CT molecular complexity index is 1070. The van der Waals surface area contributed by atoms with Gasteiger partial charge in [0.1, 0.15) is 11.3 Å². The SMILES string of the molecule is COc1c(-c2ccc3c(c2)COC2(CCN(C=O)CC2)O3)ccc2cccnc12. The first-order valence-electron chi connectivity index (χ1n) is 9.79. The van der Waals surface area contributed by atoms with Crippen molar-refractivity contribution in [3.8, 4) is 22.6 Å². The molecule has 1 amide bonds. The molecule has 0 bridgehead atoms. The highest BCUT2D eigenvalue weighted by Gasteiger charge is 2.40. The summed E-state index contributed by atoms with van der Waals surface area (Å²) in [5.74, 6) is 0.981. The van der Waals surface area contributed by atoms with Crippen molar-refractivity contribution >= 4 is 17.3 Å². The molecule has 3 heterocycles. The third kappa shape index (κ3) is 3.09. The Kier molecular flexibility index (Phi) is 4.36. The van der Waals surface area contributed by atoms with E-state index in [2.05, 4.69) is 23.2 Å². The molecule has 0 radical (unpaired) electrons. The van der Waals surface area contributed by atoms with Crippen LogP contribution in [0.5, 0.6) is 11.5 Å². The summed E-state index contributed by atoms with van der Waals surface area (Å²) in [4.78, 5) is 17.2. The topological polar surface area (TPSA) is 60.9 Å². The van der Waals surface area contributed by atoms with E-state index in [1.165, 1.54) is 0 Å². The van der Waals surface area contributed by atoms with Crippen LogP contribution in [0.4, 0.5) is 0 Å². The van der Waals surface area contributed by atoms with Gasteiger partial charge in [0.2, 0.25) is 12.2 Å². The van der Waals surface area contributed by atoms with Gasteiger partial charge < -0.3 is 19.1 Å². The van der Waals surface area contributed by atoms with Crippen LogP contribution in [-0.2, 0) is 16.1 Å². The van der Waals surface area contributed by atoms with Crippen molar-refractivity contribution in [2.75, 3.05) is 20.2 Å². The van der Waals surface area contributed by atoms with Crippen LogP contribution >= 0.6 is 0 Å². The number of likely N-dealkylation sites (tertiary alicyclic amines) is 1. The molecule has 2 aliphatic rings. The van der Waals surface area contributed by atoms with E-state index in [4.69, 9.17) is 14.2 Å². The van der Waals surface area contributed by atoms with Gasteiger partial charge in [-0.25, -0.2) is 0 Å². The minimum Gasteiger partial charge on any atom is -0.494 e. The molecule has 6 heteroatoms. The first-order valence-corrected chi connectivity index (χ1v) is 9.79. The van der Waals surface area contributed by atoms with Gasteiger partial charge in [-0.05, 0) is 29.8 Å². The molecule has 2 aromatic carbocycles. The second kappa shape index (κ2) is 7.04. The van der Waals surface area contributed by atoms with Gasteiger partial charge >= 0.3 is 0 Å². The van der Waals surface area contributed by atoms with Crippen LogP contribution in [0.3, 0.4) is 0 Å². The third-order valence-corrected chi connectivity index (χ3v) is 5.80. The Balaban J connectivity index is 1.47. The smallest absolute Gasteiger partial charge is 0.214 e. The molecule has 5 rings (SSSR count). The summed E-state index contributed by atoms with van der Waals surface area (Å²) in [7, 11) is 1.67. The number of piperidine rings is 1. The van der Waals surface area contributed by atoms with Gasteiger partial charge in [0, 0.05) is 48.6 Å². The number of rotatable bonds is 3. The summed E-state index contributed by atoms with van der Waals surface area (Å²) in [6.45, 7) is 1.79. The average Bonchev–Trinajstić information content (AvgIpc) is 2.78. The summed E-state index contributed by atoms with van der Waals surface area (Å²) in [5.41, 5.74) is 3.88. The molecule has 2 aliphatic heterocycles. The van der Waals surface area contributed by atoms with Gasteiger partial charge in [0.15, 0.2) is 5.75 Å². The molecular formula is C23H22N2O4. The molecule has 0 aliphatic carbocycles. The summed E-state index contributed by atoms with van der Waals surface area (Å²) < 4.78 is 18.1. The number of methoxy groups -OCH3 is 1. The Hall–Kier alpha value is -3.12. The van der Waals surface area contributed by atoms with Crippen molar-refractivity contribution in [3.05, 3.63) is 54.2 Å². The Morgan fingerprint density at radius 2 is 2.03 bits per heavy atom. The van der Waals surface area contributed by atoms with E-state index >= 15 is 0 Å². The molecule has 1 fully saturated rings. The van der Waals surface area contributed by atoms with Crippen molar-refractivity contribution in [2.45, 2.75) is 25.2 Å². The number of amides is 1. The van der Waals surface area contributed by atoms with E-state index in [0.29, 0.717) is 32.5 Å². The maximum absolute atomic E-state index is 11.0. The number of ether oxygens (including phenoxy) is 3. The number of pyridine rings is 1. The average molecular weight is 390 g/mol. The highest BCUT2D eigenvalue weighted by molar-refractivity contribution is 5.92. The predicted molar refractivity (Wildman–Crippen MR) is 109 cm³/mol. The standard InChI is InChI=1S/C23H22N2O4/c1-27-22-19(6-4-16-3-2-10-24-21(16)22)17-5-7-20-18(13-17)14-28-23(29-20)8-11-25(15-26)12-9-23/h2-7,10,13,15H,8-9,11-12,14H2,1H3. The quantitative estimate of drug-likeness (QED) is 0.637.